The van der Waals surface area contributed by atoms with Crippen LogP contribution in [-0.2, 0) is 17.7 Å². The molecule has 0 spiro atoms. The standard InChI is InChI=1S/C24H23ClFN3O3S/c1-14-3-4-16(20(25)7-14)8-19-18(22(31)11-32-6-5-30)9-21-24(23(19)26)27-13-29(21)10-17-12-33-15(2)28-17/h3-4,7,9,12-13,30H,5-6,8,10-11H2,1-2H3. The molecule has 0 aliphatic carbocycles. The number of halogens is 2. The number of imidazole rings is 1. The van der Waals surface area contributed by atoms with Crippen LogP contribution in [0.1, 0.15) is 37.7 Å². The van der Waals surface area contributed by atoms with Crippen molar-refractivity contribution >= 4 is 39.8 Å². The summed E-state index contributed by atoms with van der Waals surface area (Å²) in [5.41, 5.74) is 3.67. The van der Waals surface area contributed by atoms with Crippen molar-refractivity contribution in [2.24, 2.45) is 0 Å². The van der Waals surface area contributed by atoms with Crippen molar-refractivity contribution in [2.75, 3.05) is 19.8 Å². The Hall–Kier alpha value is -2.65. The van der Waals surface area contributed by atoms with Crippen LogP contribution in [0.2, 0.25) is 5.02 Å². The molecule has 0 atom stereocenters. The summed E-state index contributed by atoms with van der Waals surface area (Å²) in [5.74, 6) is -0.928. The van der Waals surface area contributed by atoms with Crippen molar-refractivity contribution < 1.29 is 19.0 Å². The number of aliphatic hydroxyl groups excluding tert-OH is 1. The van der Waals surface area contributed by atoms with Gasteiger partial charge < -0.3 is 14.4 Å². The molecule has 2 heterocycles. The van der Waals surface area contributed by atoms with Gasteiger partial charge in [0.05, 0.1) is 42.3 Å². The Bertz CT molecular complexity index is 1320. The lowest BCUT2D eigenvalue weighted by Gasteiger charge is -2.14. The van der Waals surface area contributed by atoms with Gasteiger partial charge in [-0.3, -0.25) is 4.79 Å². The Kier molecular flexibility index (Phi) is 7.19. The van der Waals surface area contributed by atoms with Crippen LogP contribution in [0.3, 0.4) is 0 Å². The first kappa shape index (κ1) is 23.5. The first-order valence-electron chi connectivity index (χ1n) is 10.4. The number of rotatable bonds is 9. The van der Waals surface area contributed by atoms with Gasteiger partial charge in [-0.15, -0.1) is 11.3 Å². The summed E-state index contributed by atoms with van der Waals surface area (Å²) in [5, 5.41) is 12.4. The first-order chi connectivity index (χ1) is 15.9. The predicted octanol–water partition coefficient (Wildman–Crippen LogP) is 4.73. The van der Waals surface area contributed by atoms with Crippen LogP contribution >= 0.6 is 22.9 Å². The molecule has 0 aliphatic rings. The molecule has 0 saturated carbocycles. The third-order valence-corrected chi connectivity index (χ3v) is 6.48. The molecule has 9 heteroatoms. The maximum Gasteiger partial charge on any atom is 0.188 e. The summed E-state index contributed by atoms with van der Waals surface area (Å²) >= 11 is 7.93. The Morgan fingerprint density at radius 3 is 2.82 bits per heavy atom. The van der Waals surface area contributed by atoms with Gasteiger partial charge in [0.15, 0.2) is 11.6 Å². The van der Waals surface area contributed by atoms with Crippen molar-refractivity contribution in [3.63, 3.8) is 0 Å². The molecule has 0 bridgehead atoms. The van der Waals surface area contributed by atoms with E-state index in [1.807, 2.05) is 37.4 Å². The van der Waals surface area contributed by atoms with E-state index in [1.165, 1.54) is 11.3 Å². The lowest BCUT2D eigenvalue weighted by molar-refractivity contribution is 0.0663. The lowest BCUT2D eigenvalue weighted by atomic mass is 9.95. The van der Waals surface area contributed by atoms with Gasteiger partial charge >= 0.3 is 0 Å². The minimum absolute atomic E-state index is 0.0245. The largest absolute Gasteiger partial charge is 0.394 e. The topological polar surface area (TPSA) is 77.2 Å². The van der Waals surface area contributed by atoms with Crippen molar-refractivity contribution in [1.29, 1.82) is 0 Å². The highest BCUT2D eigenvalue weighted by molar-refractivity contribution is 7.09. The van der Waals surface area contributed by atoms with Gasteiger partial charge in [-0.05, 0) is 37.1 Å². The fourth-order valence-corrected chi connectivity index (χ4v) is 4.60. The maximum absolute atomic E-state index is 15.8. The normalized spacial score (nSPS) is 11.4. The summed E-state index contributed by atoms with van der Waals surface area (Å²) in [6.45, 7) is 3.82. The van der Waals surface area contributed by atoms with Gasteiger partial charge in [-0.2, -0.15) is 0 Å². The molecule has 1 N–H and O–H groups in total. The monoisotopic (exact) mass is 487 g/mol. The van der Waals surface area contributed by atoms with Crippen molar-refractivity contribution in [1.82, 2.24) is 14.5 Å². The molecular formula is C24H23ClFN3O3S. The lowest BCUT2D eigenvalue weighted by Crippen LogP contribution is -2.15. The Morgan fingerprint density at radius 2 is 2.12 bits per heavy atom. The molecule has 4 rings (SSSR count). The van der Waals surface area contributed by atoms with Crippen LogP contribution < -0.4 is 0 Å². The van der Waals surface area contributed by atoms with Crippen LogP contribution in [0.4, 0.5) is 4.39 Å². The number of ether oxygens (including phenoxy) is 1. The third-order valence-electron chi connectivity index (χ3n) is 5.30. The predicted molar refractivity (Wildman–Crippen MR) is 127 cm³/mol. The number of fused-ring (bicyclic) bond motifs is 1. The molecule has 6 nitrogen and oxygen atoms in total. The molecule has 0 aliphatic heterocycles. The first-order valence-corrected chi connectivity index (χ1v) is 11.7. The van der Waals surface area contributed by atoms with Crippen molar-refractivity contribution in [2.45, 2.75) is 26.8 Å². The summed E-state index contributed by atoms with van der Waals surface area (Å²) in [6.07, 6.45) is 1.70. The zero-order valence-electron chi connectivity index (χ0n) is 18.3. The minimum Gasteiger partial charge on any atom is -0.394 e. The zero-order valence-corrected chi connectivity index (χ0v) is 19.8. The fourth-order valence-electron chi connectivity index (χ4n) is 3.69. The van der Waals surface area contributed by atoms with E-state index in [-0.39, 0.29) is 48.7 Å². The van der Waals surface area contributed by atoms with Crippen molar-refractivity contribution in [3.8, 4) is 0 Å². The number of aromatic nitrogens is 3. The van der Waals surface area contributed by atoms with E-state index in [9.17, 15) is 4.79 Å². The van der Waals surface area contributed by atoms with E-state index in [0.29, 0.717) is 22.6 Å². The minimum atomic E-state index is -0.553. The molecule has 0 amide bonds. The highest BCUT2D eigenvalue weighted by Crippen LogP contribution is 2.29. The smallest absolute Gasteiger partial charge is 0.188 e. The fraction of sp³-hybridized carbons (Fsp3) is 0.292. The van der Waals surface area contributed by atoms with Crippen LogP contribution in [0.25, 0.3) is 11.0 Å². The molecule has 4 aromatic rings. The molecule has 172 valence electrons. The van der Waals surface area contributed by atoms with Crippen LogP contribution in [0.5, 0.6) is 0 Å². The number of aliphatic hydroxyl groups is 1. The van der Waals surface area contributed by atoms with Crippen molar-refractivity contribution in [3.05, 3.63) is 79.8 Å². The molecule has 0 radical (unpaired) electrons. The number of Topliss-reactive ketones (excluding diaryl/α,β-unsaturated/α-hetero) is 1. The van der Waals surface area contributed by atoms with E-state index in [4.69, 9.17) is 21.4 Å². The van der Waals surface area contributed by atoms with Gasteiger partial charge in [0.1, 0.15) is 12.1 Å². The second kappa shape index (κ2) is 10.1. The van der Waals surface area contributed by atoms with Crippen LogP contribution in [0.15, 0.2) is 36.0 Å². The number of benzene rings is 2. The SMILES string of the molecule is Cc1ccc(Cc2c(C(=O)COCCO)cc3c(ncn3Cc3csc(C)n3)c2F)c(Cl)c1. The highest BCUT2D eigenvalue weighted by Gasteiger charge is 2.23. The molecule has 0 fully saturated rings. The number of carbonyl (C=O) groups is 1. The average Bonchev–Trinajstić information content (AvgIpc) is 3.38. The quantitative estimate of drug-likeness (QED) is 0.273. The number of hydrogen-bond acceptors (Lipinski definition) is 6. The van der Waals surface area contributed by atoms with Gasteiger partial charge in [0.2, 0.25) is 0 Å². The number of aryl methyl sites for hydroxylation is 2. The maximum atomic E-state index is 15.8. The Labute approximate surface area is 199 Å². The number of carbonyl (C=O) groups excluding carboxylic acids is 1. The number of nitrogens with zero attached hydrogens (tertiary/aromatic N) is 3. The number of hydrogen-bond donors (Lipinski definition) is 1. The van der Waals surface area contributed by atoms with E-state index in [2.05, 4.69) is 9.97 Å². The third kappa shape index (κ3) is 5.14. The van der Waals surface area contributed by atoms with Gasteiger partial charge in [-0.25, -0.2) is 14.4 Å². The van der Waals surface area contributed by atoms with Gasteiger partial charge in [0, 0.05) is 28.0 Å². The molecule has 33 heavy (non-hydrogen) atoms. The molecule has 0 unspecified atom stereocenters. The number of ketones is 1. The van der Waals surface area contributed by atoms with Crippen LogP contribution in [0, 0.1) is 19.7 Å². The Balaban J connectivity index is 1.79. The summed E-state index contributed by atoms with van der Waals surface area (Å²) in [4.78, 5) is 21.8. The zero-order chi connectivity index (χ0) is 23.5. The summed E-state index contributed by atoms with van der Waals surface area (Å²) < 4.78 is 22.8. The summed E-state index contributed by atoms with van der Waals surface area (Å²) in [6, 6.07) is 7.20. The molecule has 0 saturated heterocycles. The van der Waals surface area contributed by atoms with E-state index >= 15 is 4.39 Å². The highest BCUT2D eigenvalue weighted by atomic mass is 35.5. The van der Waals surface area contributed by atoms with E-state index < -0.39 is 5.82 Å². The van der Waals surface area contributed by atoms with Crippen LogP contribution in [-0.4, -0.2) is 45.2 Å². The molecule has 2 aromatic heterocycles. The second-order valence-corrected chi connectivity index (χ2v) is 9.26. The summed E-state index contributed by atoms with van der Waals surface area (Å²) in [7, 11) is 0. The Morgan fingerprint density at radius 1 is 1.30 bits per heavy atom. The van der Waals surface area contributed by atoms with Gasteiger partial charge in [-0.1, -0.05) is 23.7 Å². The van der Waals surface area contributed by atoms with E-state index in [1.54, 1.807) is 17.0 Å². The van der Waals surface area contributed by atoms with E-state index in [0.717, 1.165) is 16.3 Å². The molecular weight excluding hydrogens is 465 g/mol. The molecule has 2 aromatic carbocycles. The van der Waals surface area contributed by atoms with Gasteiger partial charge in [0.25, 0.3) is 0 Å². The second-order valence-electron chi connectivity index (χ2n) is 7.79. The number of thiazole rings is 1. The average molecular weight is 488 g/mol.